The topological polar surface area (TPSA) is 118 Å². The lowest BCUT2D eigenvalue weighted by atomic mass is 9.43. The third-order valence-electron chi connectivity index (χ3n) is 14.2. The number of hydrogen-bond acceptors (Lipinski definition) is 7. The maximum atomic E-state index is 7.03. The summed E-state index contributed by atoms with van der Waals surface area (Å²) < 4.78 is 20.4. The first kappa shape index (κ1) is 40.5. The summed E-state index contributed by atoms with van der Waals surface area (Å²) >= 11 is 0. The van der Waals surface area contributed by atoms with Gasteiger partial charge in [-0.2, -0.15) is 0 Å². The summed E-state index contributed by atoms with van der Waals surface area (Å²) in [5.74, 6) is 3.92. The van der Waals surface area contributed by atoms with Crippen LogP contribution in [0.5, 0.6) is 0 Å². The van der Waals surface area contributed by atoms with Crippen LogP contribution >= 0.6 is 0 Å². The molecule has 48 heavy (non-hydrogen) atoms. The van der Waals surface area contributed by atoms with Crippen LogP contribution in [0.2, 0.25) is 0 Å². The molecule has 0 aromatic heterocycles. The highest BCUT2D eigenvalue weighted by molar-refractivity contribution is 5.15. The molecule has 282 valence electrons. The number of hydrogen-bond donors (Lipinski definition) is 4. The van der Waals surface area contributed by atoms with E-state index in [9.17, 15) is 0 Å². The highest BCUT2D eigenvalue weighted by atomic mass is 16.5. The van der Waals surface area contributed by atoms with Crippen LogP contribution in [-0.4, -0.2) is 70.9 Å². The van der Waals surface area contributed by atoms with Crippen LogP contribution < -0.4 is 22.5 Å². The largest absolute Gasteiger partial charge is 0.378 e. The van der Waals surface area contributed by atoms with Gasteiger partial charge in [0.25, 0.3) is 0 Å². The third-order valence-corrected chi connectivity index (χ3v) is 14.2. The van der Waals surface area contributed by atoms with E-state index in [1.165, 1.54) is 96.4 Å². The van der Waals surface area contributed by atoms with E-state index in [0.717, 1.165) is 52.0 Å². The molecule has 0 amide bonds. The van der Waals surface area contributed by atoms with Gasteiger partial charge in [0, 0.05) is 25.2 Å². The smallest absolute Gasteiger partial charge is 0.0637 e. The van der Waals surface area contributed by atoms with Crippen molar-refractivity contribution in [2.45, 2.75) is 162 Å². The van der Waals surface area contributed by atoms with Gasteiger partial charge in [-0.3, -0.25) is 0 Å². The highest BCUT2D eigenvalue weighted by Crippen LogP contribution is 2.69. The fraction of sp³-hybridized carbons (Fsp3) is 1.00. The van der Waals surface area contributed by atoms with E-state index >= 15 is 0 Å². The summed E-state index contributed by atoms with van der Waals surface area (Å²) in [7, 11) is 0. The fourth-order valence-corrected chi connectivity index (χ4v) is 11.5. The molecule has 7 N–H and O–H groups in total. The van der Waals surface area contributed by atoms with Crippen molar-refractivity contribution >= 4 is 0 Å². The van der Waals surface area contributed by atoms with Gasteiger partial charge in [-0.1, -0.05) is 59.8 Å². The summed E-state index contributed by atoms with van der Waals surface area (Å²) in [6.45, 7) is 17.0. The molecule has 4 aliphatic carbocycles. The minimum Gasteiger partial charge on any atom is -0.378 e. The van der Waals surface area contributed by atoms with E-state index in [1.807, 2.05) is 0 Å². The summed E-state index contributed by atoms with van der Waals surface area (Å²) in [6.07, 6.45) is 23.2. The zero-order valence-corrected chi connectivity index (χ0v) is 32.0. The Bertz CT molecular complexity index is 879. The Morgan fingerprint density at radius 1 is 0.708 bits per heavy atom. The van der Waals surface area contributed by atoms with Gasteiger partial charge < -0.3 is 36.7 Å². The zero-order valence-electron chi connectivity index (χ0n) is 32.0. The maximum absolute atomic E-state index is 7.03. The summed E-state index contributed by atoms with van der Waals surface area (Å²) in [4.78, 5) is 0. The Morgan fingerprint density at radius 2 is 1.38 bits per heavy atom. The second-order valence-corrected chi connectivity index (χ2v) is 17.1. The summed E-state index contributed by atoms with van der Waals surface area (Å²) in [5.41, 5.74) is 18.3. The fourth-order valence-electron chi connectivity index (χ4n) is 11.5. The number of nitrogens with one attached hydrogen (secondary N) is 1. The van der Waals surface area contributed by atoms with Crippen molar-refractivity contribution < 1.29 is 14.2 Å². The molecule has 4 fully saturated rings. The summed E-state index contributed by atoms with van der Waals surface area (Å²) in [6, 6.07) is 0. The van der Waals surface area contributed by atoms with E-state index in [2.05, 4.69) is 33.0 Å². The van der Waals surface area contributed by atoms with Crippen molar-refractivity contribution in [3.63, 3.8) is 0 Å². The first-order chi connectivity index (χ1) is 23.3. The van der Waals surface area contributed by atoms with Gasteiger partial charge in [0.05, 0.1) is 18.3 Å². The van der Waals surface area contributed by atoms with Crippen LogP contribution in [0, 0.1) is 46.3 Å². The van der Waals surface area contributed by atoms with E-state index < -0.39 is 0 Å². The maximum Gasteiger partial charge on any atom is 0.0637 e. The molecular weight excluding hydrogens is 596 g/mol. The Morgan fingerprint density at radius 3 is 2.10 bits per heavy atom. The average Bonchev–Trinajstić information content (AvgIpc) is 3.44. The predicted octanol–water partition coefficient (Wildman–Crippen LogP) is 7.43. The van der Waals surface area contributed by atoms with Gasteiger partial charge in [-0.05, 0) is 157 Å². The zero-order chi connectivity index (χ0) is 34.4. The average molecular weight is 677 g/mol. The first-order valence-corrected chi connectivity index (χ1v) is 21.0. The Kier molecular flexibility index (Phi) is 17.4. The number of nitrogens with two attached hydrogens (primary N) is 3. The van der Waals surface area contributed by atoms with Crippen LogP contribution in [0.1, 0.15) is 143 Å². The molecule has 0 saturated heterocycles. The van der Waals surface area contributed by atoms with Gasteiger partial charge in [-0.15, -0.1) is 0 Å². The van der Waals surface area contributed by atoms with Gasteiger partial charge in [0.1, 0.15) is 0 Å². The molecule has 0 aromatic rings. The van der Waals surface area contributed by atoms with Gasteiger partial charge in [0.2, 0.25) is 0 Å². The number of rotatable bonds is 24. The molecular formula is C41H80N4O3. The third kappa shape index (κ3) is 9.98. The molecule has 4 aliphatic rings. The standard InChI is InChI=1S/C41H80N4O3/c1-5-6-7-8-9-10-23-45-24-11-15-31(2)34-16-17-35-39-36(30-38(41(34,35)4)48-27-14-22-44)40(3)19-18-33(46-25-12-20-42)28-32(40)29-37(39)47-26-13-21-43/h31-39,45H,5-30,42-44H2,1-4H3/t31-,32?,33?,34?,35?,36?,37?,38?,39?,40?,41?/m1/s1. The van der Waals surface area contributed by atoms with Crippen molar-refractivity contribution in [2.24, 2.45) is 63.5 Å². The van der Waals surface area contributed by atoms with Gasteiger partial charge >= 0.3 is 0 Å². The van der Waals surface area contributed by atoms with Crippen LogP contribution in [0.4, 0.5) is 0 Å². The molecule has 0 aromatic carbocycles. The van der Waals surface area contributed by atoms with E-state index in [1.54, 1.807) is 0 Å². The second kappa shape index (κ2) is 20.7. The number of ether oxygens (including phenoxy) is 3. The number of unbranched alkanes of at least 4 members (excludes halogenated alkanes) is 5. The van der Waals surface area contributed by atoms with Crippen LogP contribution in [0.3, 0.4) is 0 Å². The molecule has 0 aliphatic heterocycles. The molecule has 10 unspecified atom stereocenters. The Balaban J connectivity index is 1.46. The normalized spacial score (nSPS) is 36.8. The van der Waals surface area contributed by atoms with Crippen molar-refractivity contribution in [1.29, 1.82) is 0 Å². The lowest BCUT2D eigenvalue weighted by molar-refractivity contribution is -0.227. The summed E-state index contributed by atoms with van der Waals surface area (Å²) in [5, 5.41) is 3.77. The molecule has 7 nitrogen and oxygen atoms in total. The first-order valence-electron chi connectivity index (χ1n) is 21.0. The minimum atomic E-state index is 0.183. The van der Waals surface area contributed by atoms with Crippen molar-refractivity contribution in [1.82, 2.24) is 5.32 Å². The van der Waals surface area contributed by atoms with Crippen LogP contribution in [0.15, 0.2) is 0 Å². The molecule has 4 saturated carbocycles. The lowest BCUT2D eigenvalue weighted by Crippen LogP contribution is -2.63. The number of fused-ring (bicyclic) bond motifs is 5. The molecule has 0 spiro atoms. The SMILES string of the molecule is CCCCCCCCNCCC[C@@H](C)C1CCC2C3C(OCCCN)CC4CC(OCCCN)CCC4(C)C3CC(OCCCN)C21C. The molecule has 7 heteroatoms. The van der Waals surface area contributed by atoms with Crippen molar-refractivity contribution in [3.05, 3.63) is 0 Å². The molecule has 0 radical (unpaired) electrons. The molecule has 0 bridgehead atoms. The highest BCUT2D eigenvalue weighted by Gasteiger charge is 2.66. The molecule has 11 atom stereocenters. The minimum absolute atomic E-state index is 0.183. The van der Waals surface area contributed by atoms with Crippen LogP contribution in [-0.2, 0) is 14.2 Å². The second-order valence-electron chi connectivity index (χ2n) is 17.1. The van der Waals surface area contributed by atoms with Crippen LogP contribution in [0.25, 0.3) is 0 Å². The lowest BCUT2D eigenvalue weighted by Gasteiger charge is -2.65. The van der Waals surface area contributed by atoms with E-state index in [4.69, 9.17) is 31.4 Å². The van der Waals surface area contributed by atoms with Gasteiger partial charge in [0.15, 0.2) is 0 Å². The quantitative estimate of drug-likeness (QED) is 0.0786. The molecule has 4 rings (SSSR count). The van der Waals surface area contributed by atoms with E-state index in [0.29, 0.717) is 78.9 Å². The monoisotopic (exact) mass is 677 g/mol. The molecule has 0 heterocycles. The van der Waals surface area contributed by atoms with Crippen molar-refractivity contribution in [2.75, 3.05) is 52.5 Å². The van der Waals surface area contributed by atoms with Crippen molar-refractivity contribution in [3.8, 4) is 0 Å². The Hall–Kier alpha value is -0.280. The van der Waals surface area contributed by atoms with E-state index in [-0.39, 0.29) is 5.41 Å². The van der Waals surface area contributed by atoms with Gasteiger partial charge in [-0.25, -0.2) is 0 Å². The predicted molar refractivity (Wildman–Crippen MR) is 201 cm³/mol. The Labute approximate surface area is 296 Å².